The topological polar surface area (TPSA) is 159 Å². The van der Waals surface area contributed by atoms with Crippen LogP contribution in [0.15, 0.2) is 60.7 Å². The van der Waals surface area contributed by atoms with Crippen molar-refractivity contribution in [3.8, 4) is 5.75 Å². The second-order valence-corrected chi connectivity index (χ2v) is 7.67. The second kappa shape index (κ2) is 9.66. The van der Waals surface area contributed by atoms with Crippen LogP contribution < -0.4 is 15.4 Å². The van der Waals surface area contributed by atoms with Gasteiger partial charge >= 0.3 is 5.97 Å². The zero-order chi connectivity index (χ0) is 26.0. The van der Waals surface area contributed by atoms with Gasteiger partial charge in [-0.1, -0.05) is 0 Å². The minimum atomic E-state index is -0.856. The monoisotopic (exact) mass is 489 g/mol. The summed E-state index contributed by atoms with van der Waals surface area (Å²) in [6, 6.07) is 13.9. The maximum absolute atomic E-state index is 13.0. The van der Waals surface area contributed by atoms with Crippen LogP contribution in [0.3, 0.4) is 0 Å². The standard InChI is InChI=1S/C25H19N3O8/c1-2-35-18-8-6-17(7-9-18)27-23(30)19-10-5-15(11-20(19)24(27)31)25(32)36-13-16-4-3-14(22(26)29)12-21(16)28(33)34/h3-12H,2,13H2,1H3,(H2,26,29). The number of primary amides is 1. The quantitative estimate of drug-likeness (QED) is 0.218. The molecule has 2 N–H and O–H groups in total. The van der Waals surface area contributed by atoms with Crippen LogP contribution in [-0.2, 0) is 11.3 Å². The van der Waals surface area contributed by atoms with E-state index < -0.39 is 40.9 Å². The molecule has 36 heavy (non-hydrogen) atoms. The molecule has 182 valence electrons. The van der Waals surface area contributed by atoms with E-state index in [1.165, 1.54) is 30.3 Å². The Kier molecular flexibility index (Phi) is 6.46. The Morgan fingerprint density at radius 1 is 0.944 bits per heavy atom. The molecule has 0 aliphatic carbocycles. The van der Waals surface area contributed by atoms with Crippen LogP contribution in [0.1, 0.15) is 53.9 Å². The highest BCUT2D eigenvalue weighted by atomic mass is 16.6. The van der Waals surface area contributed by atoms with Crippen LogP contribution in [0, 0.1) is 10.1 Å². The molecule has 0 radical (unpaired) electrons. The summed E-state index contributed by atoms with van der Waals surface area (Å²) < 4.78 is 10.6. The molecule has 1 heterocycles. The first-order valence-corrected chi connectivity index (χ1v) is 10.7. The highest BCUT2D eigenvalue weighted by Crippen LogP contribution is 2.30. The highest BCUT2D eigenvalue weighted by molar-refractivity contribution is 6.34. The fourth-order valence-electron chi connectivity index (χ4n) is 3.70. The summed E-state index contributed by atoms with van der Waals surface area (Å²) in [5.74, 6) is -2.24. The number of hydrogen-bond donors (Lipinski definition) is 1. The smallest absolute Gasteiger partial charge is 0.338 e. The number of ether oxygens (including phenoxy) is 2. The molecule has 0 atom stereocenters. The molecule has 0 spiro atoms. The summed E-state index contributed by atoms with van der Waals surface area (Å²) in [5.41, 5.74) is 5.20. The first-order valence-electron chi connectivity index (χ1n) is 10.7. The lowest BCUT2D eigenvalue weighted by atomic mass is 10.1. The molecule has 3 aromatic carbocycles. The number of imide groups is 1. The molecule has 11 nitrogen and oxygen atoms in total. The summed E-state index contributed by atoms with van der Waals surface area (Å²) in [4.78, 5) is 61.4. The molecule has 0 saturated heterocycles. The number of nitrogens with zero attached hydrogens (tertiary/aromatic N) is 2. The molecular weight excluding hydrogens is 470 g/mol. The molecule has 0 unspecified atom stereocenters. The molecule has 0 fully saturated rings. The zero-order valence-electron chi connectivity index (χ0n) is 18.9. The number of fused-ring (bicyclic) bond motifs is 1. The molecule has 11 heteroatoms. The number of nitro groups is 1. The van der Waals surface area contributed by atoms with Gasteiger partial charge < -0.3 is 15.2 Å². The fraction of sp³-hybridized carbons (Fsp3) is 0.120. The number of carbonyl (C=O) groups excluding carboxylic acids is 4. The number of amides is 3. The number of anilines is 1. The third-order valence-corrected chi connectivity index (χ3v) is 5.45. The number of hydrogen-bond acceptors (Lipinski definition) is 8. The predicted octanol–water partition coefficient (Wildman–Crippen LogP) is 3.25. The lowest BCUT2D eigenvalue weighted by Gasteiger charge is -2.14. The molecule has 4 rings (SSSR count). The van der Waals surface area contributed by atoms with Gasteiger partial charge in [-0.25, -0.2) is 9.69 Å². The summed E-state index contributed by atoms with van der Waals surface area (Å²) >= 11 is 0. The summed E-state index contributed by atoms with van der Waals surface area (Å²) in [7, 11) is 0. The van der Waals surface area contributed by atoms with Crippen LogP contribution in [0.4, 0.5) is 11.4 Å². The fourth-order valence-corrected chi connectivity index (χ4v) is 3.70. The number of carbonyl (C=O) groups is 4. The maximum atomic E-state index is 13.0. The Morgan fingerprint density at radius 3 is 2.25 bits per heavy atom. The van der Waals surface area contributed by atoms with Crippen LogP contribution in [-0.4, -0.2) is 35.2 Å². The summed E-state index contributed by atoms with van der Waals surface area (Å²) in [5, 5.41) is 11.3. The van der Waals surface area contributed by atoms with Gasteiger partial charge in [-0.05, 0) is 61.5 Å². The third-order valence-electron chi connectivity index (χ3n) is 5.45. The van der Waals surface area contributed by atoms with E-state index in [-0.39, 0.29) is 27.8 Å². The number of benzene rings is 3. The Morgan fingerprint density at radius 2 is 1.61 bits per heavy atom. The van der Waals surface area contributed by atoms with Gasteiger partial charge in [-0.15, -0.1) is 0 Å². The van der Waals surface area contributed by atoms with Crippen molar-refractivity contribution in [3.63, 3.8) is 0 Å². The van der Waals surface area contributed by atoms with Crippen LogP contribution in [0.5, 0.6) is 5.75 Å². The Bertz CT molecular complexity index is 1420. The van der Waals surface area contributed by atoms with Crippen LogP contribution >= 0.6 is 0 Å². The number of nitro benzene ring substituents is 1. The number of esters is 1. The summed E-state index contributed by atoms with van der Waals surface area (Å²) in [6.07, 6.45) is 0. The normalized spacial score (nSPS) is 12.3. The lowest BCUT2D eigenvalue weighted by Crippen LogP contribution is -2.29. The zero-order valence-corrected chi connectivity index (χ0v) is 18.9. The minimum Gasteiger partial charge on any atom is -0.494 e. The first kappa shape index (κ1) is 24.1. The molecule has 0 bridgehead atoms. The van der Waals surface area contributed by atoms with Crippen molar-refractivity contribution in [3.05, 3.63) is 98.6 Å². The van der Waals surface area contributed by atoms with Crippen molar-refractivity contribution in [2.24, 2.45) is 5.73 Å². The van der Waals surface area contributed by atoms with E-state index in [1.54, 1.807) is 24.3 Å². The van der Waals surface area contributed by atoms with Gasteiger partial charge in [-0.2, -0.15) is 0 Å². The van der Waals surface area contributed by atoms with Crippen molar-refractivity contribution < 1.29 is 33.6 Å². The van der Waals surface area contributed by atoms with E-state index in [2.05, 4.69) is 0 Å². The molecule has 0 aromatic heterocycles. The van der Waals surface area contributed by atoms with Crippen molar-refractivity contribution in [1.29, 1.82) is 0 Å². The van der Waals surface area contributed by atoms with E-state index in [0.717, 1.165) is 11.0 Å². The van der Waals surface area contributed by atoms with Crippen molar-refractivity contribution in [2.45, 2.75) is 13.5 Å². The number of rotatable bonds is 8. The van der Waals surface area contributed by atoms with Gasteiger partial charge in [0, 0.05) is 11.6 Å². The van der Waals surface area contributed by atoms with E-state index >= 15 is 0 Å². The summed E-state index contributed by atoms with van der Waals surface area (Å²) in [6.45, 7) is 1.84. The Hall–Kier alpha value is -5.06. The average molecular weight is 489 g/mol. The van der Waals surface area contributed by atoms with Gasteiger partial charge in [0.1, 0.15) is 12.4 Å². The van der Waals surface area contributed by atoms with Gasteiger partial charge in [0.25, 0.3) is 17.5 Å². The molecule has 3 amide bonds. The second-order valence-electron chi connectivity index (χ2n) is 7.67. The van der Waals surface area contributed by atoms with Crippen molar-refractivity contribution in [1.82, 2.24) is 0 Å². The van der Waals surface area contributed by atoms with E-state index in [4.69, 9.17) is 15.2 Å². The molecular formula is C25H19N3O8. The minimum absolute atomic E-state index is 0.0140. The largest absolute Gasteiger partial charge is 0.494 e. The molecule has 0 saturated carbocycles. The molecule has 1 aliphatic rings. The predicted molar refractivity (Wildman–Crippen MR) is 126 cm³/mol. The first-order chi connectivity index (χ1) is 17.2. The van der Waals surface area contributed by atoms with E-state index in [9.17, 15) is 29.3 Å². The Labute approximate surface area is 204 Å². The van der Waals surface area contributed by atoms with Crippen LogP contribution in [0.25, 0.3) is 0 Å². The van der Waals surface area contributed by atoms with Crippen molar-refractivity contribution >= 4 is 35.1 Å². The van der Waals surface area contributed by atoms with Gasteiger partial charge in [0.05, 0.1) is 39.5 Å². The van der Waals surface area contributed by atoms with Crippen LogP contribution in [0.2, 0.25) is 0 Å². The van der Waals surface area contributed by atoms with Crippen molar-refractivity contribution in [2.75, 3.05) is 11.5 Å². The third kappa shape index (κ3) is 4.49. The SMILES string of the molecule is CCOc1ccc(N2C(=O)c3ccc(C(=O)OCc4ccc(C(N)=O)cc4[N+](=O)[O-])cc3C2=O)cc1. The van der Waals surface area contributed by atoms with Gasteiger partial charge in [-0.3, -0.25) is 24.5 Å². The van der Waals surface area contributed by atoms with E-state index in [1.807, 2.05) is 6.92 Å². The number of nitrogens with two attached hydrogens (primary N) is 1. The highest BCUT2D eigenvalue weighted by Gasteiger charge is 2.37. The van der Waals surface area contributed by atoms with Gasteiger partial charge in [0.15, 0.2) is 0 Å². The average Bonchev–Trinajstić information content (AvgIpc) is 3.12. The maximum Gasteiger partial charge on any atom is 0.338 e. The van der Waals surface area contributed by atoms with Gasteiger partial charge in [0.2, 0.25) is 5.91 Å². The Balaban J connectivity index is 1.52. The van der Waals surface area contributed by atoms with E-state index in [0.29, 0.717) is 18.0 Å². The molecule has 3 aromatic rings. The lowest BCUT2D eigenvalue weighted by molar-refractivity contribution is -0.385. The molecule has 1 aliphatic heterocycles.